The van der Waals surface area contributed by atoms with Crippen LogP contribution >= 0.6 is 27.7 Å². The Balaban J connectivity index is 2.34. The molecule has 0 unspecified atom stereocenters. The zero-order chi connectivity index (χ0) is 12.3. The fourth-order valence-corrected chi connectivity index (χ4v) is 2.82. The molecule has 1 N–H and O–H groups in total. The molecular formula is C12H12BrN3S. The normalized spacial score (nSPS) is 10.3. The molecule has 0 bridgehead atoms. The van der Waals surface area contributed by atoms with E-state index in [-0.39, 0.29) is 0 Å². The fraction of sp³-hybridized carbons (Fsp3) is 0.167. The molecule has 3 nitrogen and oxygen atoms in total. The van der Waals surface area contributed by atoms with Gasteiger partial charge in [-0.3, -0.25) is 0 Å². The van der Waals surface area contributed by atoms with Gasteiger partial charge < -0.3 is 5.32 Å². The number of hydrogen-bond acceptors (Lipinski definition) is 4. The topological polar surface area (TPSA) is 37.8 Å². The van der Waals surface area contributed by atoms with E-state index in [9.17, 15) is 0 Å². The summed E-state index contributed by atoms with van der Waals surface area (Å²) in [5, 5.41) is 4.03. The summed E-state index contributed by atoms with van der Waals surface area (Å²) in [5.41, 5.74) is 1.07. The first kappa shape index (κ1) is 12.4. The minimum Gasteiger partial charge on any atom is -0.373 e. The number of nitrogens with one attached hydrogen (secondary N) is 1. The molecule has 0 radical (unpaired) electrons. The summed E-state index contributed by atoms with van der Waals surface area (Å²) in [6, 6.07) is 8.11. The smallest absolute Gasteiger partial charge is 0.133 e. The van der Waals surface area contributed by atoms with Crippen LogP contribution < -0.4 is 5.32 Å². The molecule has 0 atom stereocenters. The third-order valence-corrected chi connectivity index (χ3v) is 4.45. The summed E-state index contributed by atoms with van der Waals surface area (Å²) < 4.78 is 1.08. The molecule has 0 aliphatic carbocycles. The van der Waals surface area contributed by atoms with Gasteiger partial charge in [-0.15, -0.1) is 0 Å². The minimum atomic E-state index is 0.870. The van der Waals surface area contributed by atoms with Gasteiger partial charge in [0.25, 0.3) is 0 Å². The van der Waals surface area contributed by atoms with Crippen LogP contribution in [0.25, 0.3) is 0 Å². The monoisotopic (exact) mass is 309 g/mol. The van der Waals surface area contributed by atoms with Gasteiger partial charge in [0.15, 0.2) is 0 Å². The van der Waals surface area contributed by atoms with Crippen molar-refractivity contribution in [2.75, 3.05) is 12.4 Å². The molecule has 0 saturated carbocycles. The van der Waals surface area contributed by atoms with E-state index < -0.39 is 0 Å². The first-order chi connectivity index (χ1) is 8.22. The maximum absolute atomic E-state index is 4.31. The van der Waals surface area contributed by atoms with Gasteiger partial charge in [0.05, 0.1) is 0 Å². The number of nitrogens with zero attached hydrogens (tertiary/aromatic N) is 2. The first-order valence-corrected chi connectivity index (χ1v) is 6.75. The minimum absolute atomic E-state index is 0.870. The number of aromatic nitrogens is 2. The Hall–Kier alpha value is -1.07. The van der Waals surface area contributed by atoms with Gasteiger partial charge >= 0.3 is 0 Å². The highest BCUT2D eigenvalue weighted by Gasteiger charge is 2.08. The molecule has 1 aromatic heterocycles. The SMILES string of the molecule is CNc1ncnc(Sc2ccccc2Br)c1C. The van der Waals surface area contributed by atoms with E-state index in [1.165, 1.54) is 0 Å². The lowest BCUT2D eigenvalue weighted by molar-refractivity contribution is 1.00. The lowest BCUT2D eigenvalue weighted by Gasteiger charge is -2.09. The Labute approximate surface area is 113 Å². The maximum atomic E-state index is 4.31. The van der Waals surface area contributed by atoms with Crippen LogP contribution in [0.1, 0.15) is 5.56 Å². The van der Waals surface area contributed by atoms with Crippen LogP contribution in [0.2, 0.25) is 0 Å². The Kier molecular flexibility index (Phi) is 4.02. The number of anilines is 1. The van der Waals surface area contributed by atoms with E-state index in [1.807, 2.05) is 32.2 Å². The van der Waals surface area contributed by atoms with Crippen molar-refractivity contribution in [1.82, 2.24) is 9.97 Å². The van der Waals surface area contributed by atoms with Gasteiger partial charge in [0.2, 0.25) is 0 Å². The highest BCUT2D eigenvalue weighted by molar-refractivity contribution is 9.10. The van der Waals surface area contributed by atoms with Crippen molar-refractivity contribution in [2.45, 2.75) is 16.8 Å². The molecule has 0 aliphatic rings. The Morgan fingerprint density at radius 2 is 2.00 bits per heavy atom. The Morgan fingerprint density at radius 3 is 2.71 bits per heavy atom. The number of halogens is 1. The van der Waals surface area contributed by atoms with Crippen molar-refractivity contribution >= 4 is 33.5 Å². The molecule has 0 spiro atoms. The summed E-state index contributed by atoms with van der Waals surface area (Å²) in [5.74, 6) is 0.870. The largest absolute Gasteiger partial charge is 0.373 e. The number of hydrogen-bond donors (Lipinski definition) is 1. The summed E-state index contributed by atoms with van der Waals surface area (Å²) >= 11 is 5.17. The van der Waals surface area contributed by atoms with E-state index in [0.29, 0.717) is 0 Å². The van der Waals surface area contributed by atoms with Crippen LogP contribution in [-0.4, -0.2) is 17.0 Å². The van der Waals surface area contributed by atoms with Crippen LogP contribution in [0, 0.1) is 6.92 Å². The van der Waals surface area contributed by atoms with Crippen molar-refractivity contribution in [2.24, 2.45) is 0 Å². The van der Waals surface area contributed by atoms with Crippen molar-refractivity contribution in [3.63, 3.8) is 0 Å². The van der Waals surface area contributed by atoms with E-state index >= 15 is 0 Å². The average Bonchev–Trinajstić information content (AvgIpc) is 2.34. The van der Waals surface area contributed by atoms with Crippen LogP contribution in [0.15, 0.2) is 45.0 Å². The zero-order valence-corrected chi connectivity index (χ0v) is 12.0. The molecule has 2 rings (SSSR count). The fourth-order valence-electron chi connectivity index (χ4n) is 1.42. The molecule has 0 fully saturated rings. The van der Waals surface area contributed by atoms with E-state index in [0.717, 1.165) is 25.8 Å². The molecule has 1 aromatic carbocycles. The van der Waals surface area contributed by atoms with Gasteiger partial charge in [-0.05, 0) is 35.0 Å². The molecule has 1 heterocycles. The predicted molar refractivity (Wildman–Crippen MR) is 74.6 cm³/mol. The van der Waals surface area contributed by atoms with Gasteiger partial charge in [0, 0.05) is 22.0 Å². The van der Waals surface area contributed by atoms with E-state index in [2.05, 4.69) is 37.3 Å². The first-order valence-electron chi connectivity index (χ1n) is 5.14. The molecular weight excluding hydrogens is 298 g/mol. The molecule has 0 saturated heterocycles. The molecule has 0 amide bonds. The van der Waals surface area contributed by atoms with Crippen molar-refractivity contribution < 1.29 is 0 Å². The summed E-state index contributed by atoms with van der Waals surface area (Å²) in [6.07, 6.45) is 1.58. The van der Waals surface area contributed by atoms with Gasteiger partial charge in [-0.2, -0.15) is 0 Å². The second-order valence-electron chi connectivity index (χ2n) is 3.43. The summed E-state index contributed by atoms with van der Waals surface area (Å²) in [6.45, 7) is 2.02. The molecule has 17 heavy (non-hydrogen) atoms. The lowest BCUT2D eigenvalue weighted by atomic mass is 10.3. The van der Waals surface area contributed by atoms with Gasteiger partial charge in [-0.1, -0.05) is 23.9 Å². The molecule has 88 valence electrons. The summed E-state index contributed by atoms with van der Waals surface area (Å²) in [4.78, 5) is 9.64. The second-order valence-corrected chi connectivity index (χ2v) is 5.32. The zero-order valence-electron chi connectivity index (χ0n) is 9.57. The van der Waals surface area contributed by atoms with Crippen LogP contribution in [0.3, 0.4) is 0 Å². The highest BCUT2D eigenvalue weighted by Crippen LogP contribution is 2.34. The Bertz CT molecular complexity index is 531. The molecule has 2 aromatic rings. The number of rotatable bonds is 3. The standard InChI is InChI=1S/C12H12BrN3S/c1-8-11(14-2)15-7-16-12(8)17-10-6-4-3-5-9(10)13/h3-7H,1-2H3,(H,14,15,16). The number of benzene rings is 1. The molecule has 0 aliphatic heterocycles. The summed E-state index contributed by atoms with van der Waals surface area (Å²) in [7, 11) is 1.86. The van der Waals surface area contributed by atoms with Gasteiger partial charge in [-0.25, -0.2) is 9.97 Å². The quantitative estimate of drug-likeness (QED) is 0.877. The third-order valence-electron chi connectivity index (χ3n) is 2.32. The van der Waals surface area contributed by atoms with E-state index in [1.54, 1.807) is 18.1 Å². The Morgan fingerprint density at radius 1 is 1.24 bits per heavy atom. The van der Waals surface area contributed by atoms with Crippen molar-refractivity contribution in [3.05, 3.63) is 40.6 Å². The average molecular weight is 310 g/mol. The van der Waals surface area contributed by atoms with Crippen LogP contribution in [0.5, 0.6) is 0 Å². The third kappa shape index (κ3) is 2.79. The van der Waals surface area contributed by atoms with Crippen LogP contribution in [0.4, 0.5) is 5.82 Å². The van der Waals surface area contributed by atoms with E-state index in [4.69, 9.17) is 0 Å². The highest BCUT2D eigenvalue weighted by atomic mass is 79.9. The second kappa shape index (κ2) is 5.51. The van der Waals surface area contributed by atoms with Gasteiger partial charge in [0.1, 0.15) is 17.2 Å². The van der Waals surface area contributed by atoms with Crippen LogP contribution in [-0.2, 0) is 0 Å². The van der Waals surface area contributed by atoms with Crippen molar-refractivity contribution in [1.29, 1.82) is 0 Å². The van der Waals surface area contributed by atoms with Crippen molar-refractivity contribution in [3.8, 4) is 0 Å². The maximum Gasteiger partial charge on any atom is 0.133 e. The predicted octanol–water partition coefficient (Wildman–Crippen LogP) is 3.74. The lowest BCUT2D eigenvalue weighted by Crippen LogP contribution is -1.98. The molecule has 5 heteroatoms.